The first-order chi connectivity index (χ1) is 12.1. The second kappa shape index (κ2) is 5.35. The molecule has 0 aliphatic rings. The number of hydrogen-bond acceptors (Lipinski definition) is 3. The van der Waals surface area contributed by atoms with Gasteiger partial charge in [-0.25, -0.2) is 9.55 Å². The van der Waals surface area contributed by atoms with E-state index in [9.17, 15) is 0 Å². The van der Waals surface area contributed by atoms with E-state index in [0.29, 0.717) is 0 Å². The number of hydrogen-bond donors (Lipinski definition) is 0. The van der Waals surface area contributed by atoms with Crippen molar-refractivity contribution in [3.8, 4) is 11.3 Å². The Morgan fingerprint density at radius 1 is 0.920 bits per heavy atom. The number of nitrogens with zero attached hydrogens (tertiary/aromatic N) is 2. The van der Waals surface area contributed by atoms with Crippen molar-refractivity contribution in [3.05, 3.63) is 59.9 Å². The van der Waals surface area contributed by atoms with Crippen LogP contribution in [0.3, 0.4) is 0 Å². The van der Waals surface area contributed by atoms with E-state index in [1.54, 1.807) is 0 Å². The van der Waals surface area contributed by atoms with Crippen molar-refractivity contribution in [1.82, 2.24) is 4.98 Å². The van der Waals surface area contributed by atoms with Crippen molar-refractivity contribution in [2.75, 3.05) is 0 Å². The molecule has 4 aromatic heterocycles. The molecule has 5 aromatic rings. The summed E-state index contributed by atoms with van der Waals surface area (Å²) in [6, 6.07) is 15.4. The fourth-order valence-corrected chi connectivity index (χ4v) is 6.14. The fraction of sp³-hybridized carbons (Fsp3) is 0.143. The molecule has 0 amide bonds. The molecule has 0 radical (unpaired) electrons. The molecule has 0 fully saturated rings. The van der Waals surface area contributed by atoms with Crippen molar-refractivity contribution in [2.45, 2.75) is 13.8 Å². The molecule has 0 spiro atoms. The van der Waals surface area contributed by atoms with Gasteiger partial charge in [0.1, 0.15) is 11.9 Å². The molecule has 122 valence electrons. The maximum atomic E-state index is 4.71. The van der Waals surface area contributed by atoms with Gasteiger partial charge in [0.15, 0.2) is 6.20 Å². The van der Waals surface area contributed by atoms with Crippen molar-refractivity contribution in [3.63, 3.8) is 0 Å². The van der Waals surface area contributed by atoms with Gasteiger partial charge in [-0.1, -0.05) is 0 Å². The molecular weight excluding hydrogens is 344 g/mol. The molecule has 25 heavy (non-hydrogen) atoms. The van der Waals surface area contributed by atoms with Crippen LogP contribution in [0.1, 0.15) is 11.3 Å². The van der Waals surface area contributed by atoms with Gasteiger partial charge in [0.05, 0.1) is 15.0 Å². The molecule has 0 aliphatic heterocycles. The molecule has 0 saturated carbocycles. The number of thiophene rings is 2. The van der Waals surface area contributed by atoms with Crippen LogP contribution in [0.25, 0.3) is 41.0 Å². The third kappa shape index (κ3) is 2.21. The highest BCUT2D eigenvalue weighted by molar-refractivity contribution is 7.36. The summed E-state index contributed by atoms with van der Waals surface area (Å²) in [5.41, 5.74) is 4.96. The first kappa shape index (κ1) is 15.0. The summed E-state index contributed by atoms with van der Waals surface area (Å²) in [5, 5.41) is 2.65. The summed E-state index contributed by atoms with van der Waals surface area (Å²) in [4.78, 5) is 5.87. The highest BCUT2D eigenvalue weighted by Crippen LogP contribution is 2.45. The molecule has 0 saturated heterocycles. The van der Waals surface area contributed by atoms with Crippen LogP contribution in [0.5, 0.6) is 0 Å². The van der Waals surface area contributed by atoms with Gasteiger partial charge in [0.2, 0.25) is 5.69 Å². The van der Waals surface area contributed by atoms with E-state index in [1.807, 2.05) is 22.7 Å². The molecule has 4 heterocycles. The standard InChI is InChI=1S/C21H17N2S2/c1-12-10-16-18(11-15(12)17-6-4-5-9-23(17)3)24-19-14-8-7-13(2)22-21(14)25-20(16)19/h4-11H,1-3H3/q+1. The zero-order valence-electron chi connectivity index (χ0n) is 14.3. The van der Waals surface area contributed by atoms with Crippen LogP contribution in [0.2, 0.25) is 0 Å². The van der Waals surface area contributed by atoms with Gasteiger partial charge in [0, 0.05) is 33.3 Å². The lowest BCUT2D eigenvalue weighted by molar-refractivity contribution is -0.660. The van der Waals surface area contributed by atoms with Gasteiger partial charge in [-0.05, 0) is 49.7 Å². The first-order valence-corrected chi connectivity index (χ1v) is 9.93. The van der Waals surface area contributed by atoms with Crippen LogP contribution in [0.4, 0.5) is 0 Å². The minimum Gasteiger partial charge on any atom is -0.242 e. The van der Waals surface area contributed by atoms with Crippen molar-refractivity contribution >= 4 is 52.4 Å². The number of aromatic nitrogens is 2. The van der Waals surface area contributed by atoms with E-state index in [1.165, 1.54) is 41.7 Å². The molecule has 0 atom stereocenters. The van der Waals surface area contributed by atoms with E-state index in [2.05, 4.69) is 74.1 Å². The number of fused-ring (bicyclic) bond motifs is 5. The van der Waals surface area contributed by atoms with Crippen LogP contribution in [0, 0.1) is 13.8 Å². The van der Waals surface area contributed by atoms with Crippen molar-refractivity contribution < 1.29 is 4.57 Å². The van der Waals surface area contributed by atoms with Gasteiger partial charge in [-0.2, -0.15) is 0 Å². The number of benzene rings is 1. The van der Waals surface area contributed by atoms with Crippen molar-refractivity contribution in [1.29, 1.82) is 0 Å². The lowest BCUT2D eigenvalue weighted by atomic mass is 10.0. The minimum absolute atomic E-state index is 1.08. The van der Waals surface area contributed by atoms with E-state index in [0.717, 1.165) is 10.5 Å². The fourth-order valence-electron chi connectivity index (χ4n) is 3.47. The molecule has 0 aliphatic carbocycles. The molecular formula is C21H17N2S2+. The topological polar surface area (TPSA) is 16.8 Å². The average molecular weight is 362 g/mol. The lowest BCUT2D eigenvalue weighted by Gasteiger charge is -2.04. The maximum Gasteiger partial charge on any atom is 0.212 e. The van der Waals surface area contributed by atoms with Gasteiger partial charge in [-0.15, -0.1) is 22.7 Å². The van der Waals surface area contributed by atoms with Crippen LogP contribution in [-0.4, -0.2) is 4.98 Å². The van der Waals surface area contributed by atoms with Crippen LogP contribution in [-0.2, 0) is 7.05 Å². The predicted octanol–water partition coefficient (Wildman–Crippen LogP) is 5.77. The lowest BCUT2D eigenvalue weighted by Crippen LogP contribution is -2.30. The molecule has 4 heteroatoms. The Balaban J connectivity index is 1.84. The molecule has 1 aromatic carbocycles. The summed E-state index contributed by atoms with van der Waals surface area (Å²) in [6.45, 7) is 4.27. The Labute approximate surface area is 154 Å². The van der Waals surface area contributed by atoms with Gasteiger partial charge in [-0.3, -0.25) is 0 Å². The Morgan fingerprint density at radius 2 is 1.76 bits per heavy atom. The van der Waals surface area contributed by atoms with E-state index in [4.69, 9.17) is 4.98 Å². The Hall–Kier alpha value is -2.30. The second-order valence-electron chi connectivity index (χ2n) is 6.53. The first-order valence-electron chi connectivity index (χ1n) is 8.30. The third-order valence-electron chi connectivity index (χ3n) is 4.76. The minimum atomic E-state index is 1.08. The average Bonchev–Trinajstić information content (AvgIpc) is 3.10. The second-order valence-corrected chi connectivity index (χ2v) is 8.58. The predicted molar refractivity (Wildman–Crippen MR) is 109 cm³/mol. The molecule has 0 unspecified atom stereocenters. The highest BCUT2D eigenvalue weighted by Gasteiger charge is 2.17. The van der Waals surface area contributed by atoms with E-state index >= 15 is 0 Å². The largest absolute Gasteiger partial charge is 0.242 e. The zero-order valence-corrected chi connectivity index (χ0v) is 16.0. The summed E-state index contributed by atoms with van der Waals surface area (Å²) in [6.07, 6.45) is 2.10. The van der Waals surface area contributed by atoms with Gasteiger partial charge >= 0.3 is 0 Å². The Kier molecular flexibility index (Phi) is 3.21. The van der Waals surface area contributed by atoms with Gasteiger partial charge < -0.3 is 0 Å². The van der Waals surface area contributed by atoms with Crippen molar-refractivity contribution in [2.24, 2.45) is 7.05 Å². The molecule has 0 N–H and O–H groups in total. The maximum absolute atomic E-state index is 4.71. The number of pyridine rings is 2. The number of rotatable bonds is 1. The highest BCUT2D eigenvalue weighted by atomic mass is 32.1. The number of aryl methyl sites for hydroxylation is 3. The molecule has 0 bridgehead atoms. The Bertz CT molecular complexity index is 1280. The SMILES string of the molecule is Cc1ccc2c(n1)sc1c3cc(C)c(-c4cccc[n+]4C)cc3sc21. The normalized spacial score (nSPS) is 11.8. The van der Waals surface area contributed by atoms with Gasteiger partial charge in [0.25, 0.3) is 0 Å². The summed E-state index contributed by atoms with van der Waals surface area (Å²) in [7, 11) is 2.10. The molecule has 5 rings (SSSR count). The van der Waals surface area contributed by atoms with Crippen LogP contribution < -0.4 is 4.57 Å². The zero-order chi connectivity index (χ0) is 17.1. The van der Waals surface area contributed by atoms with E-state index in [-0.39, 0.29) is 0 Å². The Morgan fingerprint density at radius 3 is 2.60 bits per heavy atom. The monoisotopic (exact) mass is 361 g/mol. The summed E-state index contributed by atoms with van der Waals surface area (Å²) in [5.74, 6) is 0. The quantitative estimate of drug-likeness (QED) is 0.346. The van der Waals surface area contributed by atoms with E-state index < -0.39 is 0 Å². The summed E-state index contributed by atoms with van der Waals surface area (Å²) < 4.78 is 6.29. The van der Waals surface area contributed by atoms with Crippen LogP contribution >= 0.6 is 22.7 Å². The smallest absolute Gasteiger partial charge is 0.212 e. The molecule has 2 nitrogen and oxygen atoms in total. The summed E-state index contributed by atoms with van der Waals surface area (Å²) >= 11 is 3.71. The third-order valence-corrected chi connectivity index (χ3v) is 7.21. The van der Waals surface area contributed by atoms with Crippen LogP contribution in [0.15, 0.2) is 48.7 Å².